The Labute approximate surface area is 168 Å². The van der Waals surface area contributed by atoms with Gasteiger partial charge in [0.25, 0.3) is 5.91 Å². The van der Waals surface area contributed by atoms with Gasteiger partial charge in [0, 0.05) is 11.9 Å². The van der Waals surface area contributed by atoms with Gasteiger partial charge in [-0.25, -0.2) is 9.67 Å². The monoisotopic (exact) mass is 390 g/mol. The summed E-state index contributed by atoms with van der Waals surface area (Å²) in [5.41, 5.74) is 1.59. The molecule has 1 amide bonds. The highest BCUT2D eigenvalue weighted by atomic mass is 16.5. The van der Waals surface area contributed by atoms with Gasteiger partial charge in [-0.15, -0.1) is 0 Å². The van der Waals surface area contributed by atoms with Gasteiger partial charge >= 0.3 is 0 Å². The first-order valence-electron chi connectivity index (χ1n) is 9.51. The zero-order valence-electron chi connectivity index (χ0n) is 16.4. The Kier molecular flexibility index (Phi) is 5.29. The zero-order valence-corrected chi connectivity index (χ0v) is 16.4. The molecule has 1 N–H and O–H groups in total. The van der Waals surface area contributed by atoms with Crippen molar-refractivity contribution in [1.82, 2.24) is 14.8 Å². The number of fused-ring (bicyclic) bond motifs is 2. The molecule has 0 fully saturated rings. The topological polar surface area (TPSA) is 78.3 Å². The summed E-state index contributed by atoms with van der Waals surface area (Å²) in [6, 6.07) is 16.9. The van der Waals surface area contributed by atoms with E-state index in [2.05, 4.69) is 17.3 Å². The molecule has 0 saturated heterocycles. The number of para-hydroxylation sites is 1. The molecule has 2 aromatic heterocycles. The van der Waals surface area contributed by atoms with Crippen molar-refractivity contribution in [2.75, 3.05) is 19.0 Å². The smallest absolute Gasteiger partial charge is 0.263 e. The highest BCUT2D eigenvalue weighted by Gasteiger charge is 2.16. The SMILES string of the molecule is CCCn1nc(NC(=O)COc2ccccc2)c2cc3cc(OC)ccc3nc21. The molecule has 7 heteroatoms. The van der Waals surface area contributed by atoms with Crippen molar-refractivity contribution in [1.29, 1.82) is 0 Å². The summed E-state index contributed by atoms with van der Waals surface area (Å²) in [4.78, 5) is 17.2. The molecule has 29 heavy (non-hydrogen) atoms. The van der Waals surface area contributed by atoms with Crippen molar-refractivity contribution in [2.45, 2.75) is 19.9 Å². The second kappa shape index (κ2) is 8.18. The van der Waals surface area contributed by atoms with Crippen LogP contribution in [0.1, 0.15) is 13.3 Å². The molecule has 0 saturated carbocycles. The molecule has 2 aromatic carbocycles. The predicted molar refractivity (Wildman–Crippen MR) is 112 cm³/mol. The zero-order chi connectivity index (χ0) is 20.2. The Morgan fingerprint density at radius 2 is 1.93 bits per heavy atom. The normalized spacial score (nSPS) is 11.0. The number of pyridine rings is 1. The van der Waals surface area contributed by atoms with Crippen LogP contribution in [0, 0.1) is 0 Å². The van der Waals surface area contributed by atoms with E-state index < -0.39 is 0 Å². The van der Waals surface area contributed by atoms with Gasteiger partial charge in [0.05, 0.1) is 18.0 Å². The summed E-state index contributed by atoms with van der Waals surface area (Å²) in [5, 5.41) is 9.14. The van der Waals surface area contributed by atoms with Gasteiger partial charge in [0.2, 0.25) is 0 Å². The highest BCUT2D eigenvalue weighted by molar-refractivity contribution is 6.03. The van der Waals surface area contributed by atoms with Crippen LogP contribution in [0.25, 0.3) is 21.9 Å². The van der Waals surface area contributed by atoms with Gasteiger partial charge in [0.15, 0.2) is 18.1 Å². The van der Waals surface area contributed by atoms with E-state index in [0.717, 1.165) is 34.1 Å². The Morgan fingerprint density at radius 1 is 1.10 bits per heavy atom. The first-order valence-corrected chi connectivity index (χ1v) is 9.51. The van der Waals surface area contributed by atoms with Gasteiger partial charge in [-0.1, -0.05) is 25.1 Å². The third-order valence-corrected chi connectivity index (χ3v) is 4.53. The van der Waals surface area contributed by atoms with E-state index >= 15 is 0 Å². The summed E-state index contributed by atoms with van der Waals surface area (Å²) in [6.07, 6.45) is 0.906. The Hall–Kier alpha value is -3.61. The average Bonchev–Trinajstić information content (AvgIpc) is 3.07. The van der Waals surface area contributed by atoms with Crippen LogP contribution in [-0.4, -0.2) is 34.4 Å². The highest BCUT2D eigenvalue weighted by Crippen LogP contribution is 2.28. The molecule has 0 radical (unpaired) electrons. The number of methoxy groups -OCH3 is 1. The minimum absolute atomic E-state index is 0.0963. The van der Waals surface area contributed by atoms with Gasteiger partial charge in [-0.05, 0) is 42.8 Å². The molecule has 4 aromatic rings. The number of ether oxygens (including phenoxy) is 2. The lowest BCUT2D eigenvalue weighted by atomic mass is 10.2. The number of hydrogen-bond acceptors (Lipinski definition) is 5. The van der Waals surface area contributed by atoms with E-state index in [1.807, 2.05) is 59.3 Å². The summed E-state index contributed by atoms with van der Waals surface area (Å²) in [5.74, 6) is 1.60. The fraction of sp³-hybridized carbons (Fsp3) is 0.227. The number of anilines is 1. The number of carbonyl (C=O) groups excluding carboxylic acids is 1. The maximum Gasteiger partial charge on any atom is 0.263 e. The molecule has 0 spiro atoms. The van der Waals surface area contributed by atoms with Gasteiger partial charge in [-0.3, -0.25) is 4.79 Å². The number of nitrogens with zero attached hydrogens (tertiary/aromatic N) is 3. The van der Waals surface area contributed by atoms with Crippen molar-refractivity contribution in [2.24, 2.45) is 0 Å². The standard InChI is InChI=1S/C22H22N4O3/c1-3-11-26-22-18(13-15-12-17(28-2)9-10-19(15)23-22)21(25-26)24-20(27)14-29-16-7-5-4-6-8-16/h4-10,12-13H,3,11,14H2,1-2H3,(H,24,25,27). The molecule has 0 aliphatic rings. The lowest BCUT2D eigenvalue weighted by Gasteiger charge is -2.06. The van der Waals surface area contributed by atoms with Crippen molar-refractivity contribution >= 4 is 33.7 Å². The minimum atomic E-state index is -0.275. The number of benzene rings is 2. The van der Waals surface area contributed by atoms with Gasteiger partial charge in [-0.2, -0.15) is 5.10 Å². The first kappa shape index (κ1) is 18.7. The van der Waals surface area contributed by atoms with Crippen LogP contribution in [-0.2, 0) is 11.3 Å². The molecule has 148 valence electrons. The predicted octanol–water partition coefficient (Wildman–Crippen LogP) is 4.02. The van der Waals surface area contributed by atoms with Gasteiger partial charge in [0.1, 0.15) is 11.5 Å². The number of amides is 1. The van der Waals surface area contributed by atoms with E-state index in [0.29, 0.717) is 18.1 Å². The lowest BCUT2D eigenvalue weighted by molar-refractivity contribution is -0.118. The summed E-state index contributed by atoms with van der Waals surface area (Å²) < 4.78 is 12.7. The third kappa shape index (κ3) is 3.99. The van der Waals surface area contributed by atoms with Crippen LogP contribution in [0.4, 0.5) is 5.82 Å². The average molecular weight is 390 g/mol. The van der Waals surface area contributed by atoms with Crippen LogP contribution in [0.5, 0.6) is 11.5 Å². The second-order valence-electron chi connectivity index (χ2n) is 6.64. The fourth-order valence-corrected chi connectivity index (χ4v) is 3.16. The van der Waals surface area contributed by atoms with E-state index in [1.165, 1.54) is 0 Å². The summed E-state index contributed by atoms with van der Waals surface area (Å²) >= 11 is 0. The molecule has 0 aliphatic heterocycles. The van der Waals surface area contributed by atoms with E-state index in [1.54, 1.807) is 7.11 Å². The van der Waals surface area contributed by atoms with Crippen molar-refractivity contribution in [3.05, 3.63) is 54.6 Å². The largest absolute Gasteiger partial charge is 0.497 e. The number of carbonyl (C=O) groups is 1. The van der Waals surface area contributed by atoms with Crippen molar-refractivity contribution in [3.63, 3.8) is 0 Å². The summed E-state index contributed by atoms with van der Waals surface area (Å²) in [6.45, 7) is 2.69. The van der Waals surface area contributed by atoms with E-state index in [4.69, 9.17) is 14.5 Å². The Bertz CT molecular complexity index is 1160. The molecule has 0 atom stereocenters. The number of aryl methyl sites for hydroxylation is 1. The first-order chi connectivity index (χ1) is 14.2. The molecule has 2 heterocycles. The van der Waals surface area contributed by atoms with Crippen LogP contribution < -0.4 is 14.8 Å². The fourth-order valence-electron chi connectivity index (χ4n) is 3.16. The molecule has 7 nitrogen and oxygen atoms in total. The number of hydrogen-bond donors (Lipinski definition) is 1. The molecule has 4 rings (SSSR count). The lowest BCUT2D eigenvalue weighted by Crippen LogP contribution is -2.20. The maximum absolute atomic E-state index is 12.4. The van der Waals surface area contributed by atoms with E-state index in [-0.39, 0.29) is 12.5 Å². The number of rotatable bonds is 7. The van der Waals surface area contributed by atoms with E-state index in [9.17, 15) is 4.79 Å². The third-order valence-electron chi connectivity index (χ3n) is 4.53. The quantitative estimate of drug-likeness (QED) is 0.516. The summed E-state index contributed by atoms with van der Waals surface area (Å²) in [7, 11) is 1.63. The second-order valence-corrected chi connectivity index (χ2v) is 6.64. The maximum atomic E-state index is 12.4. The van der Waals surface area contributed by atoms with Crippen LogP contribution in [0.2, 0.25) is 0 Å². The minimum Gasteiger partial charge on any atom is -0.497 e. The van der Waals surface area contributed by atoms with Crippen LogP contribution in [0.15, 0.2) is 54.6 Å². The molecular formula is C22H22N4O3. The van der Waals surface area contributed by atoms with Crippen molar-refractivity contribution in [3.8, 4) is 11.5 Å². The number of nitrogens with one attached hydrogen (secondary N) is 1. The number of aromatic nitrogens is 3. The van der Waals surface area contributed by atoms with Crippen LogP contribution in [0.3, 0.4) is 0 Å². The molecule has 0 unspecified atom stereocenters. The van der Waals surface area contributed by atoms with Gasteiger partial charge < -0.3 is 14.8 Å². The van der Waals surface area contributed by atoms with Crippen molar-refractivity contribution < 1.29 is 14.3 Å². The molecular weight excluding hydrogens is 368 g/mol. The van der Waals surface area contributed by atoms with Crippen LogP contribution >= 0.6 is 0 Å². The molecule has 0 bridgehead atoms. The Balaban J connectivity index is 1.65. The molecule has 0 aliphatic carbocycles. The Morgan fingerprint density at radius 3 is 2.69 bits per heavy atom.